The summed E-state index contributed by atoms with van der Waals surface area (Å²) in [6, 6.07) is 10.9. The Balaban J connectivity index is 1.64. The van der Waals surface area contributed by atoms with Crippen molar-refractivity contribution in [3.05, 3.63) is 54.4 Å². The number of nitrogens with zero attached hydrogens (tertiary/aromatic N) is 1. The van der Waals surface area contributed by atoms with Gasteiger partial charge in [-0.1, -0.05) is 6.58 Å². The number of ether oxygens (including phenoxy) is 3. The van der Waals surface area contributed by atoms with Gasteiger partial charge in [0, 0.05) is 56.2 Å². The van der Waals surface area contributed by atoms with Gasteiger partial charge < -0.3 is 24.8 Å². The lowest BCUT2D eigenvalue weighted by atomic mass is 10.1. The van der Waals surface area contributed by atoms with Crippen LogP contribution in [0.5, 0.6) is 5.75 Å². The van der Waals surface area contributed by atoms with Crippen LogP contribution in [0.4, 0.5) is 21.5 Å². The Labute approximate surface area is 189 Å². The number of anilines is 2. The maximum absolute atomic E-state index is 14.9. The molecule has 1 saturated carbocycles. The zero-order valence-corrected chi connectivity index (χ0v) is 19.0. The minimum absolute atomic E-state index is 0.0827. The zero-order chi connectivity index (χ0) is 23.0. The van der Waals surface area contributed by atoms with E-state index in [2.05, 4.69) is 22.2 Å². The van der Waals surface area contributed by atoms with Gasteiger partial charge in [-0.15, -0.1) is 0 Å². The zero-order valence-electron chi connectivity index (χ0n) is 19.0. The second-order valence-electron chi connectivity index (χ2n) is 7.77. The number of hydrogen-bond donors (Lipinski definition) is 2. The maximum atomic E-state index is 14.9. The third-order valence-electron chi connectivity index (χ3n) is 5.50. The molecule has 0 radical (unpaired) electrons. The Kier molecular flexibility index (Phi) is 8.25. The summed E-state index contributed by atoms with van der Waals surface area (Å²) in [7, 11) is 3.37. The molecule has 1 aliphatic rings. The van der Waals surface area contributed by atoms with Gasteiger partial charge in [0.15, 0.2) is 0 Å². The SMILES string of the molecule is C=C(Nc1ccc(NCCC2(OC)CC2)cc1)c1c(F)cc(OCCOC)cc1N=CC. The van der Waals surface area contributed by atoms with Gasteiger partial charge in [-0.2, -0.15) is 0 Å². The largest absolute Gasteiger partial charge is 0.491 e. The second-order valence-corrected chi connectivity index (χ2v) is 7.77. The molecule has 3 rings (SSSR count). The van der Waals surface area contributed by atoms with Crippen molar-refractivity contribution in [1.29, 1.82) is 0 Å². The number of benzene rings is 2. The lowest BCUT2D eigenvalue weighted by Crippen LogP contribution is -2.16. The molecule has 32 heavy (non-hydrogen) atoms. The normalized spacial score (nSPS) is 14.4. The molecule has 1 aliphatic carbocycles. The molecule has 0 spiro atoms. The monoisotopic (exact) mass is 441 g/mol. The average Bonchev–Trinajstić information content (AvgIpc) is 3.55. The van der Waals surface area contributed by atoms with E-state index in [-0.39, 0.29) is 5.60 Å². The third-order valence-corrected chi connectivity index (χ3v) is 5.50. The fraction of sp³-hybridized carbons (Fsp3) is 0.400. The molecule has 0 amide bonds. The number of rotatable bonds is 13. The van der Waals surface area contributed by atoms with Crippen LogP contribution in [-0.2, 0) is 9.47 Å². The molecule has 6 nitrogen and oxygen atoms in total. The van der Waals surface area contributed by atoms with Crippen molar-refractivity contribution in [2.45, 2.75) is 31.8 Å². The summed E-state index contributed by atoms with van der Waals surface area (Å²) >= 11 is 0. The van der Waals surface area contributed by atoms with Crippen LogP contribution in [-0.4, -0.2) is 45.8 Å². The summed E-state index contributed by atoms with van der Waals surface area (Å²) in [5, 5.41) is 6.60. The summed E-state index contributed by atoms with van der Waals surface area (Å²) < 4.78 is 31.0. The van der Waals surface area contributed by atoms with E-state index in [9.17, 15) is 4.39 Å². The molecule has 0 bridgehead atoms. The Hall–Kier alpha value is -2.90. The van der Waals surface area contributed by atoms with Crippen LogP contribution in [0.15, 0.2) is 48.0 Å². The van der Waals surface area contributed by atoms with Gasteiger partial charge in [0.25, 0.3) is 0 Å². The summed E-state index contributed by atoms with van der Waals surface area (Å²) in [5.74, 6) is -0.0583. The standard InChI is InChI=1S/C25H32FN3O3/c1-5-27-23-17-21(32-15-14-30-3)16-22(26)24(23)18(2)29-20-8-6-19(7-9-20)28-13-12-25(31-4)10-11-25/h5-9,16-17,28-29H,2,10-15H2,1,3-4H3. The quantitative estimate of drug-likeness (QED) is 0.311. The first-order valence-electron chi connectivity index (χ1n) is 10.8. The van der Waals surface area contributed by atoms with Gasteiger partial charge in [-0.05, 0) is 50.5 Å². The highest BCUT2D eigenvalue weighted by atomic mass is 19.1. The lowest BCUT2D eigenvalue weighted by Gasteiger charge is -2.16. The van der Waals surface area contributed by atoms with E-state index in [0.717, 1.165) is 37.2 Å². The van der Waals surface area contributed by atoms with Crippen molar-refractivity contribution in [3.63, 3.8) is 0 Å². The molecular formula is C25H32FN3O3. The topological polar surface area (TPSA) is 64.1 Å². The van der Waals surface area contributed by atoms with Crippen molar-refractivity contribution in [2.24, 2.45) is 4.99 Å². The Morgan fingerprint density at radius 2 is 1.88 bits per heavy atom. The number of methoxy groups -OCH3 is 2. The van der Waals surface area contributed by atoms with Crippen molar-refractivity contribution >= 4 is 29.0 Å². The van der Waals surface area contributed by atoms with Crippen LogP contribution >= 0.6 is 0 Å². The smallest absolute Gasteiger partial charge is 0.138 e. The molecule has 0 aromatic heterocycles. The van der Waals surface area contributed by atoms with Gasteiger partial charge in [-0.25, -0.2) is 4.39 Å². The van der Waals surface area contributed by atoms with E-state index < -0.39 is 5.82 Å². The van der Waals surface area contributed by atoms with Crippen molar-refractivity contribution in [1.82, 2.24) is 0 Å². The maximum Gasteiger partial charge on any atom is 0.138 e. The Bertz CT molecular complexity index is 940. The first-order chi connectivity index (χ1) is 15.5. The van der Waals surface area contributed by atoms with Crippen LogP contribution in [0.1, 0.15) is 31.7 Å². The van der Waals surface area contributed by atoms with Crippen LogP contribution in [0.3, 0.4) is 0 Å². The molecule has 7 heteroatoms. The molecule has 2 N–H and O–H groups in total. The van der Waals surface area contributed by atoms with Crippen molar-refractivity contribution < 1.29 is 18.6 Å². The molecule has 0 aliphatic heterocycles. The number of hydrogen-bond acceptors (Lipinski definition) is 6. The number of nitrogens with one attached hydrogen (secondary N) is 2. The second kappa shape index (κ2) is 11.1. The molecule has 2 aromatic rings. The summed E-state index contributed by atoms with van der Waals surface area (Å²) in [5.41, 5.74) is 3.08. The van der Waals surface area contributed by atoms with Crippen LogP contribution < -0.4 is 15.4 Å². The molecule has 2 aromatic carbocycles. The third kappa shape index (κ3) is 6.31. The van der Waals surface area contributed by atoms with Gasteiger partial charge in [0.1, 0.15) is 18.2 Å². The predicted molar refractivity (Wildman–Crippen MR) is 129 cm³/mol. The van der Waals surface area contributed by atoms with Gasteiger partial charge >= 0.3 is 0 Å². The highest BCUT2D eigenvalue weighted by molar-refractivity contribution is 5.83. The fourth-order valence-electron chi connectivity index (χ4n) is 3.47. The minimum Gasteiger partial charge on any atom is -0.491 e. The molecule has 0 heterocycles. The van der Waals surface area contributed by atoms with Gasteiger partial charge in [0.2, 0.25) is 0 Å². The van der Waals surface area contributed by atoms with Crippen LogP contribution in [0.2, 0.25) is 0 Å². The number of aliphatic imine (C=N–C) groups is 1. The highest BCUT2D eigenvalue weighted by Crippen LogP contribution is 2.41. The van der Waals surface area contributed by atoms with E-state index in [0.29, 0.717) is 35.9 Å². The predicted octanol–water partition coefficient (Wildman–Crippen LogP) is 5.64. The summed E-state index contributed by atoms with van der Waals surface area (Å²) in [6.45, 7) is 7.41. The van der Waals surface area contributed by atoms with E-state index in [1.54, 1.807) is 33.4 Å². The van der Waals surface area contributed by atoms with Crippen molar-refractivity contribution in [2.75, 3.05) is 44.6 Å². The molecule has 0 unspecified atom stereocenters. The summed E-state index contributed by atoms with van der Waals surface area (Å²) in [6.07, 6.45) is 4.87. The first kappa shape index (κ1) is 23.8. The molecule has 1 fully saturated rings. The van der Waals surface area contributed by atoms with Gasteiger partial charge in [-0.3, -0.25) is 4.99 Å². The lowest BCUT2D eigenvalue weighted by molar-refractivity contribution is 0.0759. The molecule has 172 valence electrons. The van der Waals surface area contributed by atoms with E-state index in [1.165, 1.54) is 6.07 Å². The van der Waals surface area contributed by atoms with E-state index in [1.807, 2.05) is 24.3 Å². The Morgan fingerprint density at radius 3 is 2.50 bits per heavy atom. The molecular weight excluding hydrogens is 409 g/mol. The van der Waals surface area contributed by atoms with Gasteiger partial charge in [0.05, 0.1) is 23.5 Å². The molecule has 0 saturated heterocycles. The van der Waals surface area contributed by atoms with Crippen molar-refractivity contribution in [3.8, 4) is 5.75 Å². The number of halogens is 1. The van der Waals surface area contributed by atoms with Crippen LogP contribution in [0.25, 0.3) is 5.70 Å². The Morgan fingerprint density at radius 1 is 1.16 bits per heavy atom. The first-order valence-corrected chi connectivity index (χ1v) is 10.8. The van der Waals surface area contributed by atoms with E-state index >= 15 is 0 Å². The summed E-state index contributed by atoms with van der Waals surface area (Å²) in [4.78, 5) is 4.30. The highest BCUT2D eigenvalue weighted by Gasteiger charge is 2.42. The van der Waals surface area contributed by atoms with E-state index in [4.69, 9.17) is 14.2 Å². The average molecular weight is 442 g/mol. The van der Waals surface area contributed by atoms with Crippen LogP contribution in [0, 0.1) is 5.82 Å². The minimum atomic E-state index is -0.455. The fourth-order valence-corrected chi connectivity index (χ4v) is 3.47. The molecule has 0 atom stereocenters.